The first-order valence-corrected chi connectivity index (χ1v) is 6.18. The molecule has 0 radical (unpaired) electrons. The largest absolute Gasteiger partial charge is 0.336 e. The second-order valence-electron chi connectivity index (χ2n) is 4.91. The highest BCUT2D eigenvalue weighted by molar-refractivity contribution is 5.94. The van der Waals surface area contributed by atoms with E-state index in [9.17, 15) is 4.79 Å². The number of hydrogen-bond acceptors (Lipinski definition) is 2. The zero-order valence-electron chi connectivity index (χ0n) is 10.8. The van der Waals surface area contributed by atoms with Gasteiger partial charge in [0.15, 0.2) is 0 Å². The predicted molar refractivity (Wildman–Crippen MR) is 69.3 cm³/mol. The SMILES string of the molecule is Cc1ccc(C(=O)N2CCN[C@H](C)C2)cc1C. The van der Waals surface area contributed by atoms with Crippen LogP contribution in [0.4, 0.5) is 0 Å². The van der Waals surface area contributed by atoms with E-state index in [1.165, 1.54) is 11.1 Å². The summed E-state index contributed by atoms with van der Waals surface area (Å²) in [6.45, 7) is 8.71. The molecule has 1 aliphatic heterocycles. The number of benzene rings is 1. The molecule has 0 unspecified atom stereocenters. The van der Waals surface area contributed by atoms with Crippen LogP contribution >= 0.6 is 0 Å². The first kappa shape index (κ1) is 12.1. The van der Waals surface area contributed by atoms with E-state index in [1.807, 2.05) is 30.0 Å². The number of amides is 1. The molecule has 1 aliphatic rings. The molecule has 1 saturated heterocycles. The highest BCUT2D eigenvalue weighted by Gasteiger charge is 2.21. The predicted octanol–water partition coefficient (Wildman–Crippen LogP) is 1.74. The van der Waals surface area contributed by atoms with E-state index in [4.69, 9.17) is 0 Å². The van der Waals surface area contributed by atoms with Crippen molar-refractivity contribution in [3.63, 3.8) is 0 Å². The van der Waals surface area contributed by atoms with Gasteiger partial charge >= 0.3 is 0 Å². The van der Waals surface area contributed by atoms with Crippen LogP contribution in [0.15, 0.2) is 18.2 Å². The van der Waals surface area contributed by atoms with Crippen molar-refractivity contribution in [2.45, 2.75) is 26.8 Å². The van der Waals surface area contributed by atoms with Crippen LogP contribution in [0.25, 0.3) is 0 Å². The van der Waals surface area contributed by atoms with Crippen LogP contribution in [0.3, 0.4) is 0 Å². The summed E-state index contributed by atoms with van der Waals surface area (Å²) < 4.78 is 0. The Bertz CT molecular complexity index is 428. The lowest BCUT2D eigenvalue weighted by Gasteiger charge is -2.32. The van der Waals surface area contributed by atoms with E-state index < -0.39 is 0 Å². The fourth-order valence-electron chi connectivity index (χ4n) is 2.17. The Labute approximate surface area is 103 Å². The molecule has 1 aromatic rings. The minimum Gasteiger partial charge on any atom is -0.336 e. The lowest BCUT2D eigenvalue weighted by atomic mass is 10.0. The van der Waals surface area contributed by atoms with Crippen LogP contribution < -0.4 is 5.32 Å². The molecule has 17 heavy (non-hydrogen) atoms. The van der Waals surface area contributed by atoms with Crippen molar-refractivity contribution in [2.75, 3.05) is 19.6 Å². The minimum absolute atomic E-state index is 0.154. The van der Waals surface area contributed by atoms with Gasteiger partial charge in [0.2, 0.25) is 0 Å². The van der Waals surface area contributed by atoms with Gasteiger partial charge in [-0.15, -0.1) is 0 Å². The topological polar surface area (TPSA) is 32.3 Å². The third kappa shape index (κ3) is 2.67. The number of nitrogens with one attached hydrogen (secondary N) is 1. The molecule has 0 saturated carbocycles. The molecule has 1 heterocycles. The van der Waals surface area contributed by atoms with Gasteiger partial charge in [-0.1, -0.05) is 6.07 Å². The number of piperazine rings is 1. The second kappa shape index (κ2) is 4.88. The van der Waals surface area contributed by atoms with Crippen molar-refractivity contribution in [1.82, 2.24) is 10.2 Å². The van der Waals surface area contributed by atoms with Gasteiger partial charge < -0.3 is 10.2 Å². The van der Waals surface area contributed by atoms with Crippen LogP contribution in [0, 0.1) is 13.8 Å². The quantitative estimate of drug-likeness (QED) is 0.800. The Morgan fingerprint density at radius 1 is 1.35 bits per heavy atom. The Kier molecular flexibility index (Phi) is 3.48. The zero-order chi connectivity index (χ0) is 12.4. The van der Waals surface area contributed by atoms with Crippen LogP contribution in [-0.4, -0.2) is 36.5 Å². The smallest absolute Gasteiger partial charge is 0.253 e. The first-order valence-electron chi connectivity index (χ1n) is 6.18. The Morgan fingerprint density at radius 2 is 2.12 bits per heavy atom. The standard InChI is InChI=1S/C14H20N2O/c1-10-4-5-13(8-11(10)2)14(17)16-7-6-15-12(3)9-16/h4-5,8,12,15H,6-7,9H2,1-3H3/t12-/m1/s1. The van der Waals surface area contributed by atoms with E-state index >= 15 is 0 Å². The number of carbonyl (C=O) groups is 1. The fraction of sp³-hybridized carbons (Fsp3) is 0.500. The molecule has 1 amide bonds. The van der Waals surface area contributed by atoms with E-state index in [-0.39, 0.29) is 5.91 Å². The molecule has 0 spiro atoms. The average Bonchev–Trinajstić information content (AvgIpc) is 2.32. The van der Waals surface area contributed by atoms with E-state index in [2.05, 4.69) is 19.2 Å². The van der Waals surface area contributed by atoms with Gasteiger partial charge in [-0.25, -0.2) is 0 Å². The summed E-state index contributed by atoms with van der Waals surface area (Å²) in [7, 11) is 0. The van der Waals surface area contributed by atoms with Gasteiger partial charge in [0.1, 0.15) is 0 Å². The molecule has 3 heteroatoms. The number of nitrogens with zero attached hydrogens (tertiary/aromatic N) is 1. The van der Waals surface area contributed by atoms with E-state index in [1.54, 1.807) is 0 Å². The molecule has 0 aromatic heterocycles. The van der Waals surface area contributed by atoms with Gasteiger partial charge in [0, 0.05) is 31.2 Å². The number of carbonyl (C=O) groups excluding carboxylic acids is 1. The maximum atomic E-state index is 12.3. The number of aryl methyl sites for hydroxylation is 2. The Morgan fingerprint density at radius 3 is 2.76 bits per heavy atom. The maximum Gasteiger partial charge on any atom is 0.253 e. The van der Waals surface area contributed by atoms with Crippen molar-refractivity contribution < 1.29 is 4.79 Å². The zero-order valence-corrected chi connectivity index (χ0v) is 10.8. The van der Waals surface area contributed by atoms with Crippen molar-refractivity contribution in [2.24, 2.45) is 0 Å². The Hall–Kier alpha value is -1.35. The van der Waals surface area contributed by atoms with Gasteiger partial charge in [-0.05, 0) is 44.0 Å². The summed E-state index contributed by atoms with van der Waals surface area (Å²) >= 11 is 0. The van der Waals surface area contributed by atoms with Crippen LogP contribution in [-0.2, 0) is 0 Å². The molecule has 0 aliphatic carbocycles. The van der Waals surface area contributed by atoms with Crippen molar-refractivity contribution >= 4 is 5.91 Å². The summed E-state index contributed by atoms with van der Waals surface area (Å²) in [5.41, 5.74) is 3.22. The maximum absolute atomic E-state index is 12.3. The van der Waals surface area contributed by atoms with Crippen molar-refractivity contribution in [3.8, 4) is 0 Å². The third-order valence-corrected chi connectivity index (χ3v) is 3.41. The fourth-order valence-corrected chi connectivity index (χ4v) is 2.17. The van der Waals surface area contributed by atoms with E-state index in [0.29, 0.717) is 6.04 Å². The number of rotatable bonds is 1. The van der Waals surface area contributed by atoms with Gasteiger partial charge in [0.05, 0.1) is 0 Å². The monoisotopic (exact) mass is 232 g/mol. The molecular formula is C14H20N2O. The Balaban J connectivity index is 2.15. The molecule has 1 atom stereocenters. The van der Waals surface area contributed by atoms with Crippen molar-refractivity contribution in [3.05, 3.63) is 34.9 Å². The number of hydrogen-bond donors (Lipinski definition) is 1. The third-order valence-electron chi connectivity index (χ3n) is 3.41. The molecule has 1 N–H and O–H groups in total. The van der Waals surface area contributed by atoms with Crippen molar-refractivity contribution in [1.29, 1.82) is 0 Å². The summed E-state index contributed by atoms with van der Waals surface area (Å²) in [4.78, 5) is 14.2. The summed E-state index contributed by atoms with van der Waals surface area (Å²) in [5, 5.41) is 3.34. The van der Waals surface area contributed by atoms with Gasteiger partial charge in [-0.2, -0.15) is 0 Å². The van der Waals surface area contributed by atoms with E-state index in [0.717, 1.165) is 25.2 Å². The molecule has 1 aromatic carbocycles. The lowest BCUT2D eigenvalue weighted by Crippen LogP contribution is -2.51. The molecule has 0 bridgehead atoms. The normalized spacial score (nSPS) is 20.4. The summed E-state index contributed by atoms with van der Waals surface area (Å²) in [6, 6.07) is 6.33. The lowest BCUT2D eigenvalue weighted by molar-refractivity contribution is 0.0709. The minimum atomic E-state index is 0.154. The van der Waals surface area contributed by atoms with Crippen LogP contribution in [0.1, 0.15) is 28.4 Å². The molecule has 92 valence electrons. The highest BCUT2D eigenvalue weighted by atomic mass is 16.2. The average molecular weight is 232 g/mol. The van der Waals surface area contributed by atoms with Crippen LogP contribution in [0.5, 0.6) is 0 Å². The van der Waals surface area contributed by atoms with Crippen LogP contribution in [0.2, 0.25) is 0 Å². The van der Waals surface area contributed by atoms with Gasteiger partial charge in [0.25, 0.3) is 5.91 Å². The second-order valence-corrected chi connectivity index (χ2v) is 4.91. The molecule has 2 rings (SSSR count). The molecule has 1 fully saturated rings. The summed E-state index contributed by atoms with van der Waals surface area (Å²) in [5.74, 6) is 0.154. The molecular weight excluding hydrogens is 212 g/mol. The molecule has 3 nitrogen and oxygen atoms in total. The summed E-state index contributed by atoms with van der Waals surface area (Å²) in [6.07, 6.45) is 0. The first-order chi connectivity index (χ1) is 8.08. The highest BCUT2D eigenvalue weighted by Crippen LogP contribution is 2.13. The van der Waals surface area contributed by atoms with Gasteiger partial charge in [-0.3, -0.25) is 4.79 Å².